The highest BCUT2D eigenvalue weighted by molar-refractivity contribution is 5.84. The monoisotopic (exact) mass is 164 g/mol. The Balaban J connectivity index is 2.88. The van der Waals surface area contributed by atoms with Crippen LogP contribution in [0.2, 0.25) is 0 Å². The largest absolute Gasteiger partial charge is 0.284 e. The van der Waals surface area contributed by atoms with Gasteiger partial charge in [0.25, 0.3) is 0 Å². The molecule has 0 saturated carbocycles. The maximum Gasteiger partial charge on any atom is 0.0822 e. The molecule has 0 aliphatic carbocycles. The summed E-state index contributed by atoms with van der Waals surface area (Å²) >= 11 is 0. The van der Waals surface area contributed by atoms with Gasteiger partial charge in [0.15, 0.2) is 0 Å². The van der Waals surface area contributed by atoms with Crippen molar-refractivity contribution < 1.29 is 0 Å². The highest BCUT2D eigenvalue weighted by Gasteiger charge is 2.15. The van der Waals surface area contributed by atoms with Crippen LogP contribution < -0.4 is 0 Å². The van der Waals surface area contributed by atoms with E-state index in [9.17, 15) is 0 Å². The topological polar surface area (TPSA) is 24.7 Å². The summed E-state index contributed by atoms with van der Waals surface area (Å²) in [5.41, 5.74) is 1.33. The van der Waals surface area contributed by atoms with Gasteiger partial charge in [0.2, 0.25) is 0 Å². The summed E-state index contributed by atoms with van der Waals surface area (Å²) in [6.45, 7) is 8.52. The average molecular weight is 164 g/mol. The minimum absolute atomic E-state index is 0.144. The van der Waals surface area contributed by atoms with Crippen LogP contribution in [-0.4, -0.2) is 18.5 Å². The van der Waals surface area contributed by atoms with Crippen LogP contribution in [0, 0.1) is 5.41 Å². The summed E-state index contributed by atoms with van der Waals surface area (Å²) in [6.07, 6.45) is 5.68. The van der Waals surface area contributed by atoms with Crippen molar-refractivity contribution in [2.24, 2.45) is 15.4 Å². The van der Waals surface area contributed by atoms with E-state index in [4.69, 9.17) is 0 Å². The van der Waals surface area contributed by atoms with E-state index < -0.39 is 0 Å². The number of allylic oxidation sites excluding steroid dienone is 1. The summed E-state index contributed by atoms with van der Waals surface area (Å²) in [4.78, 5) is 8.52. The van der Waals surface area contributed by atoms with E-state index in [1.54, 1.807) is 0 Å². The van der Waals surface area contributed by atoms with Crippen molar-refractivity contribution in [1.29, 1.82) is 0 Å². The van der Waals surface area contributed by atoms with Gasteiger partial charge in [-0.05, 0) is 17.9 Å². The van der Waals surface area contributed by atoms with E-state index in [0.29, 0.717) is 0 Å². The molecule has 0 fully saturated rings. The first-order chi connectivity index (χ1) is 5.50. The van der Waals surface area contributed by atoms with Crippen molar-refractivity contribution in [3.05, 3.63) is 11.8 Å². The lowest BCUT2D eigenvalue weighted by Gasteiger charge is -2.18. The van der Waals surface area contributed by atoms with Gasteiger partial charge in [0, 0.05) is 18.6 Å². The Hall–Kier alpha value is -0.920. The Labute approximate surface area is 74.1 Å². The van der Waals surface area contributed by atoms with E-state index in [1.165, 1.54) is 5.57 Å². The molecule has 0 spiro atoms. The Kier molecular flexibility index (Phi) is 2.46. The van der Waals surface area contributed by atoms with Crippen molar-refractivity contribution in [3.8, 4) is 0 Å². The van der Waals surface area contributed by atoms with Gasteiger partial charge in [-0.3, -0.25) is 9.98 Å². The summed E-state index contributed by atoms with van der Waals surface area (Å²) in [7, 11) is 0. The van der Waals surface area contributed by atoms with E-state index in [2.05, 4.69) is 30.8 Å². The van der Waals surface area contributed by atoms with Gasteiger partial charge in [-0.15, -0.1) is 0 Å². The van der Waals surface area contributed by atoms with Crippen LogP contribution in [-0.2, 0) is 0 Å². The molecule has 0 saturated heterocycles. The van der Waals surface area contributed by atoms with Crippen LogP contribution in [0.1, 0.15) is 27.7 Å². The normalized spacial score (nSPS) is 23.7. The number of nitrogens with zero attached hydrogens (tertiary/aromatic N) is 2. The highest BCUT2D eigenvalue weighted by Crippen LogP contribution is 2.24. The third kappa shape index (κ3) is 2.29. The number of rotatable bonds is 0. The molecule has 0 N–H and O–H groups in total. The Bertz CT molecular complexity index is 241. The predicted molar refractivity (Wildman–Crippen MR) is 54.0 cm³/mol. The molecule has 1 rings (SSSR count). The van der Waals surface area contributed by atoms with Crippen LogP contribution in [0.3, 0.4) is 0 Å². The SMILES string of the molecule is C[C@H]1C=NC=C(C(C)(C)C)C=N1. The smallest absolute Gasteiger partial charge is 0.0822 e. The first-order valence-electron chi connectivity index (χ1n) is 4.27. The summed E-state index contributed by atoms with van der Waals surface area (Å²) in [6, 6.07) is 0.209. The molecule has 66 valence electrons. The molecular formula is C10H16N2. The van der Waals surface area contributed by atoms with E-state index in [1.807, 2.05) is 25.6 Å². The minimum atomic E-state index is 0.144. The van der Waals surface area contributed by atoms with Crippen molar-refractivity contribution >= 4 is 12.4 Å². The lowest BCUT2D eigenvalue weighted by atomic mass is 9.88. The van der Waals surface area contributed by atoms with Crippen molar-refractivity contribution in [2.75, 3.05) is 0 Å². The summed E-state index contributed by atoms with van der Waals surface area (Å²) in [5.74, 6) is 0. The molecule has 1 aliphatic rings. The first-order valence-corrected chi connectivity index (χ1v) is 4.27. The minimum Gasteiger partial charge on any atom is -0.284 e. The fourth-order valence-electron chi connectivity index (χ4n) is 0.905. The van der Waals surface area contributed by atoms with Gasteiger partial charge in [0.1, 0.15) is 0 Å². The second-order valence-corrected chi connectivity index (χ2v) is 4.15. The van der Waals surface area contributed by atoms with Gasteiger partial charge in [-0.1, -0.05) is 20.8 Å². The molecule has 0 radical (unpaired) electrons. The molecule has 0 bridgehead atoms. The zero-order chi connectivity index (χ0) is 9.19. The molecule has 1 heterocycles. The number of hydrogen-bond donors (Lipinski definition) is 0. The molecule has 0 aromatic rings. The standard InChI is InChI=1S/C10H16N2/c1-8-5-11-6-9(7-12-8)10(2,3)4/h5-8H,1-4H3/t8-/m0/s1. The Morgan fingerprint density at radius 2 is 2.00 bits per heavy atom. The van der Waals surface area contributed by atoms with Crippen LogP contribution in [0.4, 0.5) is 0 Å². The van der Waals surface area contributed by atoms with Crippen LogP contribution in [0.15, 0.2) is 21.8 Å². The van der Waals surface area contributed by atoms with E-state index >= 15 is 0 Å². The number of hydrogen-bond acceptors (Lipinski definition) is 2. The molecular weight excluding hydrogens is 148 g/mol. The van der Waals surface area contributed by atoms with E-state index in [-0.39, 0.29) is 11.5 Å². The lowest BCUT2D eigenvalue weighted by molar-refractivity contribution is 0.525. The maximum absolute atomic E-state index is 4.33. The summed E-state index contributed by atoms with van der Waals surface area (Å²) < 4.78 is 0. The molecule has 1 aliphatic heterocycles. The second kappa shape index (κ2) is 3.21. The molecule has 2 heteroatoms. The third-order valence-electron chi connectivity index (χ3n) is 1.83. The van der Waals surface area contributed by atoms with Gasteiger partial charge >= 0.3 is 0 Å². The summed E-state index contributed by atoms with van der Waals surface area (Å²) in [5, 5.41) is 0. The van der Waals surface area contributed by atoms with Crippen molar-refractivity contribution in [3.63, 3.8) is 0 Å². The van der Waals surface area contributed by atoms with Gasteiger partial charge in [-0.25, -0.2) is 0 Å². The molecule has 1 atom stereocenters. The van der Waals surface area contributed by atoms with Crippen LogP contribution in [0.25, 0.3) is 0 Å². The van der Waals surface area contributed by atoms with Gasteiger partial charge in [-0.2, -0.15) is 0 Å². The Morgan fingerprint density at radius 1 is 1.33 bits per heavy atom. The molecule has 0 aromatic carbocycles. The maximum atomic E-state index is 4.33. The molecule has 0 unspecified atom stereocenters. The van der Waals surface area contributed by atoms with Gasteiger partial charge in [0.05, 0.1) is 6.04 Å². The third-order valence-corrected chi connectivity index (χ3v) is 1.83. The zero-order valence-corrected chi connectivity index (χ0v) is 8.20. The first kappa shape index (κ1) is 9.17. The quantitative estimate of drug-likeness (QED) is 0.525. The van der Waals surface area contributed by atoms with Crippen molar-refractivity contribution in [2.45, 2.75) is 33.7 Å². The predicted octanol–water partition coefficient (Wildman–Crippen LogP) is 2.46. The van der Waals surface area contributed by atoms with Gasteiger partial charge < -0.3 is 0 Å². The van der Waals surface area contributed by atoms with Crippen molar-refractivity contribution in [1.82, 2.24) is 0 Å². The fourth-order valence-corrected chi connectivity index (χ4v) is 0.905. The molecule has 0 amide bonds. The fraction of sp³-hybridized carbons (Fsp3) is 0.600. The Morgan fingerprint density at radius 3 is 2.58 bits per heavy atom. The molecule has 0 aromatic heterocycles. The van der Waals surface area contributed by atoms with Crippen LogP contribution in [0.5, 0.6) is 0 Å². The van der Waals surface area contributed by atoms with E-state index in [0.717, 1.165) is 0 Å². The average Bonchev–Trinajstić information content (AvgIpc) is 2.11. The molecule has 12 heavy (non-hydrogen) atoms. The van der Waals surface area contributed by atoms with Crippen LogP contribution >= 0.6 is 0 Å². The second-order valence-electron chi connectivity index (χ2n) is 4.15. The number of aliphatic imine (C=N–C) groups is 2. The molecule has 2 nitrogen and oxygen atoms in total. The lowest BCUT2D eigenvalue weighted by Crippen LogP contribution is -2.10. The zero-order valence-electron chi connectivity index (χ0n) is 8.20. The highest BCUT2D eigenvalue weighted by atomic mass is 14.8.